The van der Waals surface area contributed by atoms with E-state index in [0.29, 0.717) is 13.0 Å². The van der Waals surface area contributed by atoms with Gasteiger partial charge in [0.2, 0.25) is 5.91 Å². The van der Waals surface area contributed by atoms with Gasteiger partial charge in [0, 0.05) is 13.1 Å². The first-order valence-corrected chi connectivity index (χ1v) is 7.99. The largest absolute Gasteiger partial charge is 0.352 e. The predicted molar refractivity (Wildman–Crippen MR) is 95.3 cm³/mol. The molecule has 3 heteroatoms. The molecule has 23 heavy (non-hydrogen) atoms. The third-order valence-electron chi connectivity index (χ3n) is 3.95. The molecule has 0 aromatic heterocycles. The van der Waals surface area contributed by atoms with E-state index in [1.165, 1.54) is 16.7 Å². The highest BCUT2D eigenvalue weighted by molar-refractivity contribution is 5.78. The molecule has 2 aromatic carbocycles. The number of hydrogen-bond donors (Lipinski definition) is 1. The van der Waals surface area contributed by atoms with Crippen LogP contribution >= 0.6 is 0 Å². The van der Waals surface area contributed by atoms with Crippen molar-refractivity contribution in [2.75, 3.05) is 14.1 Å². The number of rotatable bonds is 6. The van der Waals surface area contributed by atoms with Gasteiger partial charge in [-0.25, -0.2) is 0 Å². The lowest BCUT2D eigenvalue weighted by Crippen LogP contribution is -2.24. The van der Waals surface area contributed by atoms with E-state index in [9.17, 15) is 4.79 Å². The number of carbonyl (C=O) groups is 1. The summed E-state index contributed by atoms with van der Waals surface area (Å²) in [5, 5.41) is 2.99. The molecule has 0 atom stereocenters. The van der Waals surface area contributed by atoms with Gasteiger partial charge in [-0.1, -0.05) is 42.5 Å². The molecule has 0 unspecified atom stereocenters. The van der Waals surface area contributed by atoms with Crippen LogP contribution in [0.5, 0.6) is 0 Å². The number of benzene rings is 2. The van der Waals surface area contributed by atoms with E-state index < -0.39 is 0 Å². The number of amides is 1. The Morgan fingerprint density at radius 3 is 2.13 bits per heavy atom. The number of aryl methyl sites for hydroxylation is 2. The molecule has 0 aliphatic rings. The summed E-state index contributed by atoms with van der Waals surface area (Å²) in [4.78, 5) is 14.2. The SMILES string of the molecule is Cc1ccc(CC(=O)NCc2ccc(CN(C)C)cc2)cc1C. The summed E-state index contributed by atoms with van der Waals surface area (Å²) in [5.41, 5.74) is 5.95. The van der Waals surface area contributed by atoms with Crippen LogP contribution < -0.4 is 5.32 Å². The molecule has 1 N–H and O–H groups in total. The van der Waals surface area contributed by atoms with Gasteiger partial charge in [0.05, 0.1) is 6.42 Å². The van der Waals surface area contributed by atoms with Gasteiger partial charge in [0.1, 0.15) is 0 Å². The lowest BCUT2D eigenvalue weighted by atomic mass is 10.0. The Bertz CT molecular complexity index is 660. The summed E-state index contributed by atoms with van der Waals surface area (Å²) in [6.07, 6.45) is 0.430. The first kappa shape index (κ1) is 17.2. The third-order valence-corrected chi connectivity index (χ3v) is 3.95. The van der Waals surface area contributed by atoms with E-state index in [4.69, 9.17) is 0 Å². The zero-order valence-corrected chi connectivity index (χ0v) is 14.5. The van der Waals surface area contributed by atoms with Crippen LogP contribution in [0.15, 0.2) is 42.5 Å². The number of nitrogens with one attached hydrogen (secondary N) is 1. The lowest BCUT2D eigenvalue weighted by molar-refractivity contribution is -0.120. The zero-order valence-electron chi connectivity index (χ0n) is 14.5. The van der Waals surface area contributed by atoms with Crippen molar-refractivity contribution in [1.29, 1.82) is 0 Å². The minimum absolute atomic E-state index is 0.0608. The molecule has 0 radical (unpaired) electrons. The molecule has 0 heterocycles. The van der Waals surface area contributed by atoms with Gasteiger partial charge in [-0.05, 0) is 55.8 Å². The van der Waals surface area contributed by atoms with E-state index >= 15 is 0 Å². The Morgan fingerprint density at radius 2 is 1.52 bits per heavy atom. The van der Waals surface area contributed by atoms with E-state index in [1.54, 1.807) is 0 Å². The van der Waals surface area contributed by atoms with Gasteiger partial charge >= 0.3 is 0 Å². The van der Waals surface area contributed by atoms with Gasteiger partial charge in [0.25, 0.3) is 0 Å². The first-order chi connectivity index (χ1) is 10.9. The molecule has 0 saturated heterocycles. The van der Waals surface area contributed by atoms with Crippen LogP contribution in [0.3, 0.4) is 0 Å². The minimum Gasteiger partial charge on any atom is -0.352 e. The van der Waals surface area contributed by atoms with E-state index in [2.05, 4.69) is 74.6 Å². The number of nitrogens with zero attached hydrogens (tertiary/aromatic N) is 1. The molecule has 3 nitrogen and oxygen atoms in total. The van der Waals surface area contributed by atoms with Crippen LogP contribution in [-0.2, 0) is 24.3 Å². The quantitative estimate of drug-likeness (QED) is 0.888. The predicted octanol–water partition coefficient (Wildman–Crippen LogP) is 3.22. The molecule has 0 saturated carbocycles. The van der Waals surface area contributed by atoms with Gasteiger partial charge in [-0.2, -0.15) is 0 Å². The third kappa shape index (κ3) is 5.53. The van der Waals surface area contributed by atoms with Crippen molar-refractivity contribution in [3.63, 3.8) is 0 Å². The summed E-state index contributed by atoms with van der Waals surface area (Å²) in [7, 11) is 4.11. The van der Waals surface area contributed by atoms with Crippen molar-refractivity contribution in [3.05, 3.63) is 70.3 Å². The van der Waals surface area contributed by atoms with Crippen molar-refractivity contribution >= 4 is 5.91 Å². The minimum atomic E-state index is 0.0608. The second-order valence-electron chi connectivity index (χ2n) is 6.43. The highest BCUT2D eigenvalue weighted by Gasteiger charge is 2.05. The van der Waals surface area contributed by atoms with E-state index in [0.717, 1.165) is 17.7 Å². The standard InChI is InChI=1S/C20H26N2O/c1-15-5-6-19(11-16(15)2)12-20(23)21-13-17-7-9-18(10-8-17)14-22(3)4/h5-11H,12-14H2,1-4H3,(H,21,23). The molecular weight excluding hydrogens is 284 g/mol. The maximum Gasteiger partial charge on any atom is 0.224 e. The average Bonchev–Trinajstić information content (AvgIpc) is 2.50. The van der Waals surface area contributed by atoms with Crippen molar-refractivity contribution in [2.24, 2.45) is 0 Å². The lowest BCUT2D eigenvalue weighted by Gasteiger charge is -2.11. The maximum atomic E-state index is 12.1. The molecule has 1 amide bonds. The fraction of sp³-hybridized carbons (Fsp3) is 0.350. The van der Waals surface area contributed by atoms with E-state index in [-0.39, 0.29) is 5.91 Å². The Morgan fingerprint density at radius 1 is 0.913 bits per heavy atom. The Hall–Kier alpha value is -2.13. The molecule has 0 bridgehead atoms. The summed E-state index contributed by atoms with van der Waals surface area (Å²) < 4.78 is 0. The van der Waals surface area contributed by atoms with Crippen LogP contribution in [-0.4, -0.2) is 24.9 Å². The second-order valence-corrected chi connectivity index (χ2v) is 6.43. The van der Waals surface area contributed by atoms with Crippen molar-refractivity contribution in [1.82, 2.24) is 10.2 Å². The number of carbonyl (C=O) groups excluding carboxylic acids is 1. The fourth-order valence-electron chi connectivity index (χ4n) is 2.49. The molecular formula is C20H26N2O. The summed E-state index contributed by atoms with van der Waals surface area (Å²) in [5.74, 6) is 0.0608. The Balaban J connectivity index is 1.85. The Labute approximate surface area is 139 Å². The molecule has 122 valence electrons. The summed E-state index contributed by atoms with van der Waals surface area (Å²) in [6, 6.07) is 14.6. The van der Waals surface area contributed by atoms with Crippen molar-refractivity contribution < 1.29 is 4.79 Å². The average molecular weight is 310 g/mol. The van der Waals surface area contributed by atoms with Crippen LogP contribution in [0.4, 0.5) is 0 Å². The molecule has 0 aliphatic carbocycles. The summed E-state index contributed by atoms with van der Waals surface area (Å²) >= 11 is 0. The van der Waals surface area contributed by atoms with Gasteiger partial charge < -0.3 is 10.2 Å². The summed E-state index contributed by atoms with van der Waals surface area (Å²) in [6.45, 7) is 5.66. The molecule has 0 spiro atoms. The monoisotopic (exact) mass is 310 g/mol. The van der Waals surface area contributed by atoms with Crippen LogP contribution in [0, 0.1) is 13.8 Å². The normalized spacial score (nSPS) is 10.8. The second kappa shape index (κ2) is 7.93. The van der Waals surface area contributed by atoms with Crippen LogP contribution in [0.1, 0.15) is 27.8 Å². The van der Waals surface area contributed by atoms with Crippen LogP contribution in [0.2, 0.25) is 0 Å². The van der Waals surface area contributed by atoms with Crippen molar-refractivity contribution in [3.8, 4) is 0 Å². The van der Waals surface area contributed by atoms with Gasteiger partial charge in [-0.15, -0.1) is 0 Å². The molecule has 0 fully saturated rings. The molecule has 0 aliphatic heterocycles. The van der Waals surface area contributed by atoms with Crippen molar-refractivity contribution in [2.45, 2.75) is 33.4 Å². The van der Waals surface area contributed by atoms with Crippen LogP contribution in [0.25, 0.3) is 0 Å². The first-order valence-electron chi connectivity index (χ1n) is 7.99. The topological polar surface area (TPSA) is 32.3 Å². The smallest absolute Gasteiger partial charge is 0.224 e. The van der Waals surface area contributed by atoms with E-state index in [1.807, 2.05) is 6.07 Å². The highest BCUT2D eigenvalue weighted by Crippen LogP contribution is 2.10. The van der Waals surface area contributed by atoms with Gasteiger partial charge in [0.15, 0.2) is 0 Å². The fourth-order valence-corrected chi connectivity index (χ4v) is 2.49. The Kier molecular flexibility index (Phi) is 5.94. The molecule has 2 rings (SSSR count). The van der Waals surface area contributed by atoms with Gasteiger partial charge in [-0.3, -0.25) is 4.79 Å². The maximum absolute atomic E-state index is 12.1. The molecule has 2 aromatic rings. The number of hydrogen-bond acceptors (Lipinski definition) is 2. The highest BCUT2D eigenvalue weighted by atomic mass is 16.1. The zero-order chi connectivity index (χ0) is 16.8.